The predicted octanol–water partition coefficient (Wildman–Crippen LogP) is 3.26. The molecule has 0 heterocycles. The first-order chi connectivity index (χ1) is 8.38. The normalized spacial score (nSPS) is 14.5. The van der Waals surface area contributed by atoms with Gasteiger partial charge in [-0.3, -0.25) is 4.79 Å². The van der Waals surface area contributed by atoms with Gasteiger partial charge in [0.1, 0.15) is 5.82 Å². The summed E-state index contributed by atoms with van der Waals surface area (Å²) in [5, 5.41) is 9.41. The molecule has 0 aliphatic heterocycles. The predicted molar refractivity (Wildman–Crippen MR) is 69.8 cm³/mol. The van der Waals surface area contributed by atoms with E-state index in [1.807, 2.05) is 20.8 Å². The quantitative estimate of drug-likeness (QED) is 0.792. The van der Waals surface area contributed by atoms with Crippen LogP contribution in [0.15, 0.2) is 18.2 Å². The van der Waals surface area contributed by atoms with Crippen molar-refractivity contribution >= 4 is 11.7 Å². The minimum absolute atomic E-state index is 0.0633. The lowest BCUT2D eigenvalue weighted by atomic mass is 9.77. The Hall–Kier alpha value is -1.58. The standard InChI is InChI=1S/C14H20FNO2/c1-4-10(8(2)3)13(14(17)18)11-7-9(15)5-6-12(11)16/h5-8,10,13H,4,16H2,1-3H3,(H,17,18). The number of benzene rings is 1. The first-order valence-electron chi connectivity index (χ1n) is 6.16. The van der Waals surface area contributed by atoms with E-state index in [1.54, 1.807) is 0 Å². The van der Waals surface area contributed by atoms with Crippen molar-refractivity contribution in [1.29, 1.82) is 0 Å². The molecule has 18 heavy (non-hydrogen) atoms. The van der Waals surface area contributed by atoms with Gasteiger partial charge in [-0.15, -0.1) is 0 Å². The third-order valence-electron chi connectivity index (χ3n) is 3.41. The van der Waals surface area contributed by atoms with Gasteiger partial charge in [0.05, 0.1) is 5.92 Å². The van der Waals surface area contributed by atoms with E-state index < -0.39 is 17.7 Å². The van der Waals surface area contributed by atoms with Crippen LogP contribution < -0.4 is 5.73 Å². The summed E-state index contributed by atoms with van der Waals surface area (Å²) in [5.41, 5.74) is 6.50. The molecule has 100 valence electrons. The van der Waals surface area contributed by atoms with Crippen LogP contribution in [0.3, 0.4) is 0 Å². The molecule has 1 rings (SSSR count). The van der Waals surface area contributed by atoms with E-state index in [0.29, 0.717) is 17.7 Å². The van der Waals surface area contributed by atoms with Crippen molar-refractivity contribution in [3.8, 4) is 0 Å². The zero-order valence-electron chi connectivity index (χ0n) is 11.0. The molecule has 0 radical (unpaired) electrons. The zero-order chi connectivity index (χ0) is 13.9. The van der Waals surface area contributed by atoms with Crippen LogP contribution in [-0.2, 0) is 4.79 Å². The van der Waals surface area contributed by atoms with Gasteiger partial charge in [-0.1, -0.05) is 27.2 Å². The Morgan fingerprint density at radius 1 is 1.44 bits per heavy atom. The van der Waals surface area contributed by atoms with Crippen molar-refractivity contribution in [3.63, 3.8) is 0 Å². The largest absolute Gasteiger partial charge is 0.481 e. The molecule has 0 saturated heterocycles. The molecule has 0 saturated carbocycles. The number of nitrogens with two attached hydrogens (primary N) is 1. The van der Waals surface area contributed by atoms with E-state index in [9.17, 15) is 14.3 Å². The number of rotatable bonds is 5. The molecular weight excluding hydrogens is 233 g/mol. The van der Waals surface area contributed by atoms with Gasteiger partial charge in [0.2, 0.25) is 0 Å². The van der Waals surface area contributed by atoms with Crippen molar-refractivity contribution in [2.75, 3.05) is 5.73 Å². The number of aliphatic carboxylic acids is 1. The van der Waals surface area contributed by atoms with E-state index >= 15 is 0 Å². The van der Waals surface area contributed by atoms with E-state index in [4.69, 9.17) is 5.73 Å². The topological polar surface area (TPSA) is 63.3 Å². The third kappa shape index (κ3) is 3.00. The molecule has 0 aromatic heterocycles. The molecule has 0 aliphatic rings. The maximum Gasteiger partial charge on any atom is 0.311 e. The summed E-state index contributed by atoms with van der Waals surface area (Å²) < 4.78 is 13.3. The lowest BCUT2D eigenvalue weighted by Gasteiger charge is -2.27. The first-order valence-corrected chi connectivity index (χ1v) is 6.16. The Balaban J connectivity index is 3.27. The summed E-state index contributed by atoms with van der Waals surface area (Å²) in [6, 6.07) is 3.90. The Labute approximate surface area is 107 Å². The number of anilines is 1. The Kier molecular flexibility index (Phi) is 4.70. The summed E-state index contributed by atoms with van der Waals surface area (Å²) in [6.07, 6.45) is 0.713. The summed E-state index contributed by atoms with van der Waals surface area (Å²) >= 11 is 0. The molecule has 1 aromatic carbocycles. The summed E-state index contributed by atoms with van der Waals surface area (Å²) in [5.74, 6) is -2.03. The second-order valence-corrected chi connectivity index (χ2v) is 4.91. The van der Waals surface area contributed by atoms with Gasteiger partial charge in [0.25, 0.3) is 0 Å². The number of hydrogen-bond donors (Lipinski definition) is 2. The smallest absolute Gasteiger partial charge is 0.311 e. The number of carbonyl (C=O) groups is 1. The Bertz CT molecular complexity index is 432. The van der Waals surface area contributed by atoms with Crippen LogP contribution >= 0.6 is 0 Å². The first kappa shape index (κ1) is 14.5. The van der Waals surface area contributed by atoms with Crippen LogP contribution in [0.1, 0.15) is 38.7 Å². The van der Waals surface area contributed by atoms with Crippen molar-refractivity contribution < 1.29 is 14.3 Å². The van der Waals surface area contributed by atoms with Gasteiger partial charge in [-0.25, -0.2) is 4.39 Å². The van der Waals surface area contributed by atoms with Crippen LogP contribution in [0.2, 0.25) is 0 Å². The molecule has 3 N–H and O–H groups in total. The lowest BCUT2D eigenvalue weighted by Crippen LogP contribution is -2.26. The van der Waals surface area contributed by atoms with Crippen LogP contribution in [0, 0.1) is 17.7 Å². The molecule has 0 spiro atoms. The van der Waals surface area contributed by atoms with Crippen LogP contribution in [0.5, 0.6) is 0 Å². The summed E-state index contributed by atoms with van der Waals surface area (Å²) in [7, 11) is 0. The molecule has 2 atom stereocenters. The van der Waals surface area contributed by atoms with Crippen molar-refractivity contribution in [3.05, 3.63) is 29.6 Å². The van der Waals surface area contributed by atoms with Crippen LogP contribution in [0.25, 0.3) is 0 Å². The van der Waals surface area contributed by atoms with Gasteiger partial charge < -0.3 is 10.8 Å². The number of hydrogen-bond acceptors (Lipinski definition) is 2. The highest BCUT2D eigenvalue weighted by Crippen LogP contribution is 2.36. The molecule has 0 amide bonds. The third-order valence-corrected chi connectivity index (χ3v) is 3.41. The van der Waals surface area contributed by atoms with Gasteiger partial charge in [-0.05, 0) is 35.6 Å². The van der Waals surface area contributed by atoms with Gasteiger partial charge in [0.15, 0.2) is 0 Å². The van der Waals surface area contributed by atoms with Crippen molar-refractivity contribution in [2.24, 2.45) is 11.8 Å². The van der Waals surface area contributed by atoms with Gasteiger partial charge >= 0.3 is 5.97 Å². The summed E-state index contributed by atoms with van der Waals surface area (Å²) in [4.78, 5) is 11.5. The number of nitrogen functional groups attached to an aromatic ring is 1. The van der Waals surface area contributed by atoms with E-state index in [1.165, 1.54) is 18.2 Å². The lowest BCUT2D eigenvalue weighted by molar-refractivity contribution is -0.140. The monoisotopic (exact) mass is 253 g/mol. The van der Waals surface area contributed by atoms with Crippen molar-refractivity contribution in [1.82, 2.24) is 0 Å². The zero-order valence-corrected chi connectivity index (χ0v) is 11.0. The van der Waals surface area contributed by atoms with Gasteiger partial charge in [-0.2, -0.15) is 0 Å². The fourth-order valence-corrected chi connectivity index (χ4v) is 2.45. The van der Waals surface area contributed by atoms with E-state index in [0.717, 1.165) is 0 Å². The molecule has 1 aromatic rings. The highest BCUT2D eigenvalue weighted by molar-refractivity contribution is 5.79. The molecule has 4 heteroatoms. The number of halogens is 1. The highest BCUT2D eigenvalue weighted by Gasteiger charge is 2.32. The number of carboxylic acids is 1. The van der Waals surface area contributed by atoms with Crippen LogP contribution in [-0.4, -0.2) is 11.1 Å². The second kappa shape index (κ2) is 5.85. The number of carboxylic acid groups (broad SMARTS) is 1. The fourth-order valence-electron chi connectivity index (χ4n) is 2.45. The average molecular weight is 253 g/mol. The summed E-state index contributed by atoms with van der Waals surface area (Å²) in [6.45, 7) is 5.88. The second-order valence-electron chi connectivity index (χ2n) is 4.91. The minimum atomic E-state index is -0.951. The maximum absolute atomic E-state index is 13.3. The molecular formula is C14H20FNO2. The van der Waals surface area contributed by atoms with E-state index in [2.05, 4.69) is 0 Å². The van der Waals surface area contributed by atoms with Crippen molar-refractivity contribution in [2.45, 2.75) is 33.1 Å². The SMILES string of the molecule is CCC(C(C)C)C(C(=O)O)c1cc(F)ccc1N. The van der Waals surface area contributed by atoms with E-state index in [-0.39, 0.29) is 11.8 Å². The highest BCUT2D eigenvalue weighted by atomic mass is 19.1. The van der Waals surface area contributed by atoms with Crippen LogP contribution in [0.4, 0.5) is 10.1 Å². The molecule has 3 nitrogen and oxygen atoms in total. The fraction of sp³-hybridized carbons (Fsp3) is 0.500. The Morgan fingerprint density at radius 2 is 2.06 bits per heavy atom. The maximum atomic E-state index is 13.3. The van der Waals surface area contributed by atoms with Gasteiger partial charge in [0, 0.05) is 5.69 Å². The average Bonchev–Trinajstić information content (AvgIpc) is 2.28. The molecule has 0 aliphatic carbocycles. The molecule has 0 fully saturated rings. The minimum Gasteiger partial charge on any atom is -0.481 e. The molecule has 0 bridgehead atoms. The Morgan fingerprint density at radius 3 is 2.50 bits per heavy atom. The molecule has 2 unspecified atom stereocenters.